The van der Waals surface area contributed by atoms with E-state index in [-0.39, 0.29) is 11.9 Å². The fourth-order valence-corrected chi connectivity index (χ4v) is 3.78. The van der Waals surface area contributed by atoms with Gasteiger partial charge in [0.25, 0.3) is 5.91 Å². The molecule has 1 amide bonds. The molecular weight excluding hydrogens is 324 g/mol. The van der Waals surface area contributed by atoms with Crippen LogP contribution < -0.4 is 10.2 Å². The number of thiophene rings is 1. The Labute approximate surface area is 142 Å². The summed E-state index contributed by atoms with van der Waals surface area (Å²) in [4.78, 5) is 31.0. The highest BCUT2D eigenvalue weighted by molar-refractivity contribution is 7.17. The molecule has 0 spiro atoms. The monoisotopic (exact) mass is 340 g/mol. The zero-order valence-electron chi connectivity index (χ0n) is 12.9. The standard InChI is InChI=1S/C16H16N6OS/c23-16(13-1-5-17-9-18-13)21-11-2-6-22(7-3-11)15-14-12(4-8-24-14)19-10-20-15/h1,4-5,8-11H,2-3,6-7H2,(H,21,23). The first kappa shape index (κ1) is 14.9. The van der Waals surface area contributed by atoms with Crippen LogP contribution in [-0.4, -0.2) is 45.0 Å². The molecule has 0 aromatic carbocycles. The largest absolute Gasteiger partial charge is 0.355 e. The van der Waals surface area contributed by atoms with E-state index in [1.54, 1.807) is 29.9 Å². The third-order valence-electron chi connectivity index (χ3n) is 4.17. The molecule has 7 nitrogen and oxygen atoms in total. The van der Waals surface area contributed by atoms with Crippen LogP contribution in [0.15, 0.2) is 36.4 Å². The van der Waals surface area contributed by atoms with Crippen LogP contribution >= 0.6 is 11.3 Å². The highest BCUT2D eigenvalue weighted by atomic mass is 32.1. The van der Waals surface area contributed by atoms with Gasteiger partial charge in [0.15, 0.2) is 0 Å². The van der Waals surface area contributed by atoms with Crippen LogP contribution in [0, 0.1) is 0 Å². The normalized spacial score (nSPS) is 15.6. The van der Waals surface area contributed by atoms with Gasteiger partial charge in [-0.15, -0.1) is 11.3 Å². The van der Waals surface area contributed by atoms with E-state index in [9.17, 15) is 4.79 Å². The van der Waals surface area contributed by atoms with E-state index >= 15 is 0 Å². The molecule has 3 aromatic rings. The third kappa shape index (κ3) is 2.92. The van der Waals surface area contributed by atoms with E-state index in [1.807, 2.05) is 11.4 Å². The topological polar surface area (TPSA) is 83.9 Å². The van der Waals surface area contributed by atoms with Crippen LogP contribution in [0.1, 0.15) is 23.3 Å². The molecule has 0 unspecified atom stereocenters. The van der Waals surface area contributed by atoms with Crippen molar-refractivity contribution in [3.8, 4) is 0 Å². The van der Waals surface area contributed by atoms with Gasteiger partial charge >= 0.3 is 0 Å². The number of hydrogen-bond donors (Lipinski definition) is 1. The number of anilines is 1. The molecule has 4 rings (SSSR count). The van der Waals surface area contributed by atoms with Crippen LogP contribution in [-0.2, 0) is 0 Å². The number of nitrogens with one attached hydrogen (secondary N) is 1. The predicted molar refractivity (Wildman–Crippen MR) is 92.1 cm³/mol. The molecule has 0 saturated carbocycles. The second-order valence-corrected chi connectivity index (χ2v) is 6.58. The lowest BCUT2D eigenvalue weighted by Crippen LogP contribution is -2.45. The van der Waals surface area contributed by atoms with E-state index in [4.69, 9.17) is 0 Å². The van der Waals surface area contributed by atoms with Gasteiger partial charge in [0, 0.05) is 25.3 Å². The third-order valence-corrected chi connectivity index (χ3v) is 5.07. The zero-order chi connectivity index (χ0) is 16.4. The number of hydrogen-bond acceptors (Lipinski definition) is 7. The molecule has 0 radical (unpaired) electrons. The van der Waals surface area contributed by atoms with Gasteiger partial charge in [-0.25, -0.2) is 19.9 Å². The summed E-state index contributed by atoms with van der Waals surface area (Å²) in [6, 6.07) is 3.79. The molecule has 1 aliphatic rings. The SMILES string of the molecule is O=C(NC1CCN(c2ncnc3ccsc23)CC1)c1ccncn1. The van der Waals surface area contributed by atoms with Crippen LogP contribution in [0.25, 0.3) is 10.2 Å². The average Bonchev–Trinajstić information content (AvgIpc) is 3.12. The van der Waals surface area contributed by atoms with Gasteiger partial charge < -0.3 is 10.2 Å². The maximum Gasteiger partial charge on any atom is 0.270 e. The Morgan fingerprint density at radius 3 is 2.83 bits per heavy atom. The number of carbonyl (C=O) groups excluding carboxylic acids is 1. The second kappa shape index (κ2) is 6.48. The van der Waals surface area contributed by atoms with Gasteiger partial charge in [-0.2, -0.15) is 0 Å². The van der Waals surface area contributed by atoms with Gasteiger partial charge in [0.2, 0.25) is 0 Å². The molecule has 1 saturated heterocycles. The predicted octanol–water partition coefficient (Wildman–Crippen LogP) is 1.88. The Morgan fingerprint density at radius 2 is 2.04 bits per heavy atom. The molecule has 1 aliphatic heterocycles. The summed E-state index contributed by atoms with van der Waals surface area (Å²) in [5.41, 5.74) is 1.40. The minimum Gasteiger partial charge on any atom is -0.355 e. The number of rotatable bonds is 3. The molecule has 8 heteroatoms. The summed E-state index contributed by atoms with van der Waals surface area (Å²) in [6.45, 7) is 1.72. The van der Waals surface area contributed by atoms with Gasteiger partial charge in [0.1, 0.15) is 24.2 Å². The fraction of sp³-hybridized carbons (Fsp3) is 0.312. The number of nitrogens with zero attached hydrogens (tertiary/aromatic N) is 5. The lowest BCUT2D eigenvalue weighted by Gasteiger charge is -2.33. The number of amides is 1. The summed E-state index contributed by atoms with van der Waals surface area (Å²) in [6.07, 6.45) is 6.35. The van der Waals surface area contributed by atoms with E-state index in [0.29, 0.717) is 5.69 Å². The fourth-order valence-electron chi connectivity index (χ4n) is 2.92. The first-order chi connectivity index (χ1) is 11.8. The van der Waals surface area contributed by atoms with Gasteiger partial charge in [-0.3, -0.25) is 4.79 Å². The summed E-state index contributed by atoms with van der Waals surface area (Å²) in [5.74, 6) is 0.856. The number of fused-ring (bicyclic) bond motifs is 1. The minimum absolute atomic E-state index is 0.140. The molecule has 0 bridgehead atoms. The van der Waals surface area contributed by atoms with Crippen LogP contribution in [0.4, 0.5) is 5.82 Å². The molecular formula is C16H16N6OS. The Morgan fingerprint density at radius 1 is 1.17 bits per heavy atom. The Kier molecular flexibility index (Phi) is 4.04. The molecule has 1 fully saturated rings. The maximum absolute atomic E-state index is 12.2. The van der Waals surface area contributed by atoms with Crippen molar-refractivity contribution in [1.29, 1.82) is 0 Å². The number of carbonyl (C=O) groups is 1. The van der Waals surface area contributed by atoms with Crippen molar-refractivity contribution in [2.24, 2.45) is 0 Å². The summed E-state index contributed by atoms with van der Waals surface area (Å²) >= 11 is 1.67. The average molecular weight is 340 g/mol. The Bertz CT molecular complexity index is 844. The minimum atomic E-state index is -0.140. The van der Waals surface area contributed by atoms with Crippen molar-refractivity contribution < 1.29 is 4.79 Å². The Hall–Kier alpha value is -2.61. The van der Waals surface area contributed by atoms with Crippen molar-refractivity contribution in [2.45, 2.75) is 18.9 Å². The van der Waals surface area contributed by atoms with Crippen LogP contribution in [0.2, 0.25) is 0 Å². The summed E-state index contributed by atoms with van der Waals surface area (Å²) in [7, 11) is 0. The van der Waals surface area contributed by atoms with Crippen LogP contribution in [0.3, 0.4) is 0 Å². The second-order valence-electron chi connectivity index (χ2n) is 5.66. The summed E-state index contributed by atoms with van der Waals surface area (Å²) < 4.78 is 1.13. The highest BCUT2D eigenvalue weighted by Gasteiger charge is 2.23. The van der Waals surface area contributed by atoms with E-state index in [2.05, 4.69) is 30.2 Å². The summed E-state index contributed by atoms with van der Waals surface area (Å²) in [5, 5.41) is 5.09. The van der Waals surface area contributed by atoms with E-state index in [0.717, 1.165) is 42.0 Å². The lowest BCUT2D eigenvalue weighted by atomic mass is 10.0. The molecule has 24 heavy (non-hydrogen) atoms. The quantitative estimate of drug-likeness (QED) is 0.784. The van der Waals surface area contributed by atoms with Crippen molar-refractivity contribution in [3.63, 3.8) is 0 Å². The molecule has 122 valence electrons. The van der Waals surface area contributed by atoms with Gasteiger partial charge in [0.05, 0.1) is 10.2 Å². The first-order valence-electron chi connectivity index (χ1n) is 7.81. The number of piperidine rings is 1. The Balaban J connectivity index is 1.40. The van der Waals surface area contributed by atoms with Crippen molar-refractivity contribution >= 4 is 33.3 Å². The molecule has 1 N–H and O–H groups in total. The molecule has 4 heterocycles. The number of aromatic nitrogens is 4. The van der Waals surface area contributed by atoms with Crippen molar-refractivity contribution in [1.82, 2.24) is 25.3 Å². The van der Waals surface area contributed by atoms with Gasteiger partial charge in [-0.05, 0) is 30.4 Å². The van der Waals surface area contributed by atoms with Crippen LogP contribution in [0.5, 0.6) is 0 Å². The van der Waals surface area contributed by atoms with Gasteiger partial charge in [-0.1, -0.05) is 0 Å². The lowest BCUT2D eigenvalue weighted by molar-refractivity contribution is 0.0926. The highest BCUT2D eigenvalue weighted by Crippen LogP contribution is 2.29. The first-order valence-corrected chi connectivity index (χ1v) is 8.69. The van der Waals surface area contributed by atoms with Crippen molar-refractivity contribution in [3.05, 3.63) is 42.1 Å². The van der Waals surface area contributed by atoms with E-state index < -0.39 is 0 Å². The molecule has 0 aliphatic carbocycles. The van der Waals surface area contributed by atoms with Crippen molar-refractivity contribution in [2.75, 3.05) is 18.0 Å². The molecule has 0 atom stereocenters. The van der Waals surface area contributed by atoms with E-state index in [1.165, 1.54) is 6.33 Å². The molecule has 3 aromatic heterocycles. The smallest absolute Gasteiger partial charge is 0.270 e. The zero-order valence-corrected chi connectivity index (χ0v) is 13.7. The maximum atomic E-state index is 12.2.